The number of ether oxygens (including phenoxy) is 1. The Morgan fingerprint density at radius 2 is 2.04 bits per heavy atom. The van der Waals surface area contributed by atoms with Gasteiger partial charge in [-0.3, -0.25) is 0 Å². The zero-order valence-corrected chi connectivity index (χ0v) is 14.6. The Hall–Kier alpha value is -2.34. The quantitative estimate of drug-likeness (QED) is 0.651. The summed E-state index contributed by atoms with van der Waals surface area (Å²) >= 11 is 1.65. The summed E-state index contributed by atoms with van der Waals surface area (Å²) in [5.74, 6) is 1.22. The summed E-state index contributed by atoms with van der Waals surface area (Å²) < 4.78 is 19.3. The first-order chi connectivity index (χ1) is 11.6. The van der Waals surface area contributed by atoms with E-state index in [-0.39, 0.29) is 5.82 Å². The van der Waals surface area contributed by atoms with Gasteiger partial charge in [0, 0.05) is 23.9 Å². The second-order valence-corrected chi connectivity index (χ2v) is 6.23. The molecule has 0 aliphatic heterocycles. The third-order valence-electron chi connectivity index (χ3n) is 3.82. The molecule has 0 fully saturated rings. The van der Waals surface area contributed by atoms with E-state index in [2.05, 4.69) is 16.0 Å². The molecule has 1 heterocycles. The Bertz CT molecular complexity index is 872. The Morgan fingerprint density at radius 1 is 1.21 bits per heavy atom. The zero-order chi connectivity index (χ0) is 17.1. The highest BCUT2D eigenvalue weighted by Gasteiger charge is 2.12. The van der Waals surface area contributed by atoms with Gasteiger partial charge in [0.05, 0.1) is 7.11 Å². The first kappa shape index (κ1) is 16.5. The van der Waals surface area contributed by atoms with Crippen LogP contribution in [0.3, 0.4) is 0 Å². The number of hydrogen-bond acceptors (Lipinski definition) is 5. The van der Waals surface area contributed by atoms with Crippen LogP contribution in [0.25, 0.3) is 10.9 Å². The van der Waals surface area contributed by atoms with Crippen molar-refractivity contribution in [2.45, 2.75) is 11.4 Å². The fraction of sp³-hybridized carbons (Fsp3) is 0.222. The van der Waals surface area contributed by atoms with Gasteiger partial charge in [-0.25, -0.2) is 14.4 Å². The van der Waals surface area contributed by atoms with E-state index >= 15 is 0 Å². The molecular formula is C18H18FN3OS. The number of halogens is 1. The Kier molecular flexibility index (Phi) is 4.85. The molecule has 1 aromatic heterocycles. The predicted octanol–water partition coefficient (Wildman–Crippen LogP) is 4.14. The molecule has 0 amide bonds. The minimum atomic E-state index is -0.337. The van der Waals surface area contributed by atoms with E-state index in [1.165, 1.54) is 12.4 Å². The topological polar surface area (TPSA) is 38.2 Å². The number of aromatic nitrogens is 2. The maximum Gasteiger partial charge on any atom is 0.149 e. The molecule has 124 valence electrons. The molecule has 3 rings (SSSR count). The Balaban J connectivity index is 1.93. The lowest BCUT2D eigenvalue weighted by atomic mass is 10.2. The lowest BCUT2D eigenvalue weighted by molar-refractivity contribution is 0.404. The van der Waals surface area contributed by atoms with E-state index in [0.717, 1.165) is 16.2 Å². The van der Waals surface area contributed by atoms with E-state index in [0.29, 0.717) is 23.3 Å². The molecule has 3 aromatic rings. The molecule has 0 unspecified atom stereocenters. The van der Waals surface area contributed by atoms with Gasteiger partial charge < -0.3 is 9.64 Å². The lowest BCUT2D eigenvalue weighted by Crippen LogP contribution is -2.18. The van der Waals surface area contributed by atoms with Crippen LogP contribution in [0.4, 0.5) is 10.2 Å². The van der Waals surface area contributed by atoms with Crippen molar-refractivity contribution >= 4 is 28.5 Å². The smallest absolute Gasteiger partial charge is 0.149 e. The van der Waals surface area contributed by atoms with Crippen LogP contribution in [0.2, 0.25) is 0 Å². The molecule has 0 saturated heterocycles. The van der Waals surface area contributed by atoms with Crippen molar-refractivity contribution in [3.8, 4) is 5.75 Å². The Morgan fingerprint density at radius 3 is 2.79 bits per heavy atom. The first-order valence-electron chi connectivity index (χ1n) is 7.45. The molecule has 0 aliphatic rings. The molecule has 0 saturated carbocycles. The second kappa shape index (κ2) is 7.05. The number of hydrogen-bond donors (Lipinski definition) is 0. The van der Waals surface area contributed by atoms with Crippen molar-refractivity contribution in [2.75, 3.05) is 25.3 Å². The molecule has 0 spiro atoms. The summed E-state index contributed by atoms with van der Waals surface area (Å²) in [6.45, 7) is 0.633. The number of methoxy groups -OCH3 is 1. The number of rotatable bonds is 5. The van der Waals surface area contributed by atoms with Gasteiger partial charge in [-0.05, 0) is 36.1 Å². The monoisotopic (exact) mass is 343 g/mol. The molecule has 6 heteroatoms. The van der Waals surface area contributed by atoms with Crippen LogP contribution in [0.1, 0.15) is 5.56 Å². The van der Waals surface area contributed by atoms with Gasteiger partial charge in [-0.1, -0.05) is 12.1 Å². The van der Waals surface area contributed by atoms with Crippen molar-refractivity contribution < 1.29 is 9.13 Å². The molecule has 4 nitrogen and oxygen atoms in total. The molecule has 0 N–H and O–H groups in total. The normalized spacial score (nSPS) is 10.8. The van der Waals surface area contributed by atoms with Gasteiger partial charge in [-0.2, -0.15) is 0 Å². The summed E-state index contributed by atoms with van der Waals surface area (Å²) in [5, 5.41) is 0.702. The standard InChI is InChI=1S/C18H18FN3OS/c1-22(10-12-7-8-16(24-3)15(9-12)23-2)18-13-5-4-6-14(19)17(13)20-11-21-18/h4-9,11H,10H2,1-3H3. The first-order valence-corrected chi connectivity index (χ1v) is 8.67. The fourth-order valence-electron chi connectivity index (χ4n) is 2.67. The molecule has 2 aromatic carbocycles. The van der Waals surface area contributed by atoms with E-state index < -0.39 is 0 Å². The van der Waals surface area contributed by atoms with E-state index in [1.807, 2.05) is 36.4 Å². The van der Waals surface area contributed by atoms with Gasteiger partial charge in [0.1, 0.15) is 29.2 Å². The van der Waals surface area contributed by atoms with Crippen molar-refractivity contribution in [3.05, 3.63) is 54.1 Å². The summed E-state index contributed by atoms with van der Waals surface area (Å²) in [4.78, 5) is 11.5. The Labute approximate surface area is 144 Å². The van der Waals surface area contributed by atoms with Crippen molar-refractivity contribution in [2.24, 2.45) is 0 Å². The van der Waals surface area contributed by atoms with Crippen molar-refractivity contribution in [3.63, 3.8) is 0 Å². The highest BCUT2D eigenvalue weighted by atomic mass is 32.2. The van der Waals surface area contributed by atoms with Crippen LogP contribution in [0.15, 0.2) is 47.6 Å². The highest BCUT2D eigenvalue weighted by Crippen LogP contribution is 2.30. The molecule has 0 aliphatic carbocycles. The summed E-state index contributed by atoms with van der Waals surface area (Å²) in [7, 11) is 3.60. The minimum absolute atomic E-state index is 0.337. The number of anilines is 1. The van der Waals surface area contributed by atoms with E-state index in [9.17, 15) is 4.39 Å². The summed E-state index contributed by atoms with van der Waals surface area (Å²) in [5.41, 5.74) is 1.43. The van der Waals surface area contributed by atoms with Gasteiger partial charge in [0.15, 0.2) is 0 Å². The van der Waals surface area contributed by atoms with Crippen LogP contribution < -0.4 is 9.64 Å². The van der Waals surface area contributed by atoms with E-state index in [1.54, 1.807) is 24.9 Å². The average molecular weight is 343 g/mol. The van der Waals surface area contributed by atoms with Crippen molar-refractivity contribution in [1.29, 1.82) is 0 Å². The number of para-hydroxylation sites is 1. The zero-order valence-electron chi connectivity index (χ0n) is 13.8. The number of benzene rings is 2. The predicted molar refractivity (Wildman–Crippen MR) is 96.4 cm³/mol. The average Bonchev–Trinajstić information content (AvgIpc) is 2.61. The van der Waals surface area contributed by atoms with E-state index in [4.69, 9.17) is 4.74 Å². The maximum atomic E-state index is 13.9. The van der Waals surface area contributed by atoms with Crippen molar-refractivity contribution in [1.82, 2.24) is 9.97 Å². The third kappa shape index (κ3) is 3.14. The number of thioether (sulfide) groups is 1. The lowest BCUT2D eigenvalue weighted by Gasteiger charge is -2.20. The third-order valence-corrected chi connectivity index (χ3v) is 4.60. The maximum absolute atomic E-state index is 13.9. The summed E-state index contributed by atoms with van der Waals surface area (Å²) in [6, 6.07) is 11.0. The fourth-order valence-corrected chi connectivity index (χ4v) is 3.22. The molecule has 0 atom stereocenters. The molecule has 24 heavy (non-hydrogen) atoms. The SMILES string of the molecule is COc1cc(CN(C)c2ncnc3c(F)cccc23)ccc1SC. The van der Waals surface area contributed by atoms with Crippen LogP contribution in [-0.2, 0) is 6.54 Å². The minimum Gasteiger partial charge on any atom is -0.496 e. The largest absolute Gasteiger partial charge is 0.496 e. The number of fused-ring (bicyclic) bond motifs is 1. The number of nitrogens with zero attached hydrogens (tertiary/aromatic N) is 3. The van der Waals surface area contributed by atoms with Crippen LogP contribution in [0.5, 0.6) is 5.75 Å². The molecule has 0 bridgehead atoms. The van der Waals surface area contributed by atoms with Crippen LogP contribution >= 0.6 is 11.8 Å². The molecule has 0 radical (unpaired) electrons. The van der Waals surface area contributed by atoms with Crippen LogP contribution in [0, 0.1) is 5.82 Å². The van der Waals surface area contributed by atoms with Gasteiger partial charge in [0.2, 0.25) is 0 Å². The van der Waals surface area contributed by atoms with Gasteiger partial charge in [0.25, 0.3) is 0 Å². The highest BCUT2D eigenvalue weighted by molar-refractivity contribution is 7.98. The molecular weight excluding hydrogens is 325 g/mol. The van der Waals surface area contributed by atoms with Gasteiger partial charge >= 0.3 is 0 Å². The summed E-state index contributed by atoms with van der Waals surface area (Å²) in [6.07, 6.45) is 3.42. The van der Waals surface area contributed by atoms with Gasteiger partial charge in [-0.15, -0.1) is 11.8 Å². The van der Waals surface area contributed by atoms with Crippen LogP contribution in [-0.4, -0.2) is 30.4 Å². The second-order valence-electron chi connectivity index (χ2n) is 5.38.